The minimum Gasteiger partial charge on any atom is -0.340 e. The van der Waals surface area contributed by atoms with E-state index >= 15 is 0 Å². The molecule has 0 unspecified atom stereocenters. The van der Waals surface area contributed by atoms with Crippen molar-refractivity contribution in [1.82, 2.24) is 15.1 Å². The molecule has 108 valence electrons. The predicted molar refractivity (Wildman–Crippen MR) is 76.0 cm³/mol. The maximum Gasteiger partial charge on any atom is 0.222 e. The molecule has 0 aromatic heterocycles. The van der Waals surface area contributed by atoms with Gasteiger partial charge in [0.25, 0.3) is 0 Å². The molecule has 2 heterocycles. The zero-order valence-electron chi connectivity index (χ0n) is 11.9. The lowest BCUT2D eigenvalue weighted by Crippen LogP contribution is -2.62. The van der Waals surface area contributed by atoms with E-state index in [1.54, 1.807) is 0 Å². The molecule has 4 heteroatoms. The highest BCUT2D eigenvalue weighted by atomic mass is 16.2. The van der Waals surface area contributed by atoms with Gasteiger partial charge in [-0.3, -0.25) is 9.69 Å². The van der Waals surface area contributed by atoms with Crippen LogP contribution < -0.4 is 5.32 Å². The van der Waals surface area contributed by atoms with E-state index in [1.165, 1.54) is 32.1 Å². The maximum atomic E-state index is 12.3. The summed E-state index contributed by atoms with van der Waals surface area (Å²) in [6, 6.07) is 0.732. The number of piperazine rings is 1. The Morgan fingerprint density at radius 2 is 1.68 bits per heavy atom. The SMILES string of the molecule is O=C(CC1CCCCC1)N1CCN(C2CNC2)CC1. The smallest absolute Gasteiger partial charge is 0.222 e. The number of rotatable bonds is 3. The Morgan fingerprint density at radius 3 is 2.26 bits per heavy atom. The zero-order valence-corrected chi connectivity index (χ0v) is 11.9. The van der Waals surface area contributed by atoms with Gasteiger partial charge in [0.15, 0.2) is 0 Å². The molecule has 2 saturated heterocycles. The molecule has 1 amide bonds. The molecule has 0 aromatic carbocycles. The highest BCUT2D eigenvalue weighted by Crippen LogP contribution is 2.27. The Labute approximate surface area is 116 Å². The number of amides is 1. The number of nitrogens with one attached hydrogen (secondary N) is 1. The zero-order chi connectivity index (χ0) is 13.1. The molecule has 3 aliphatic rings. The van der Waals surface area contributed by atoms with Crippen LogP contribution in [-0.2, 0) is 4.79 Å². The summed E-state index contributed by atoms with van der Waals surface area (Å²) in [4.78, 5) is 17.0. The first-order valence-electron chi connectivity index (χ1n) is 8.05. The Bertz CT molecular complexity index is 303. The van der Waals surface area contributed by atoms with Crippen molar-refractivity contribution in [2.45, 2.75) is 44.6 Å². The van der Waals surface area contributed by atoms with Crippen molar-refractivity contribution >= 4 is 5.91 Å². The summed E-state index contributed by atoms with van der Waals surface area (Å²) in [7, 11) is 0. The maximum absolute atomic E-state index is 12.3. The van der Waals surface area contributed by atoms with Crippen LogP contribution in [0.2, 0.25) is 0 Å². The number of carbonyl (C=O) groups excluding carboxylic acids is 1. The second-order valence-corrected chi connectivity index (χ2v) is 6.44. The van der Waals surface area contributed by atoms with Gasteiger partial charge in [0.1, 0.15) is 0 Å². The summed E-state index contributed by atoms with van der Waals surface area (Å²) in [6.07, 6.45) is 7.41. The van der Waals surface area contributed by atoms with Gasteiger partial charge in [-0.15, -0.1) is 0 Å². The normalized spacial score (nSPS) is 27.3. The summed E-state index contributed by atoms with van der Waals surface area (Å²) in [5.41, 5.74) is 0. The molecule has 19 heavy (non-hydrogen) atoms. The van der Waals surface area contributed by atoms with Crippen molar-refractivity contribution in [3.05, 3.63) is 0 Å². The van der Waals surface area contributed by atoms with Gasteiger partial charge in [-0.1, -0.05) is 19.3 Å². The molecule has 0 radical (unpaired) electrons. The van der Waals surface area contributed by atoms with Crippen LogP contribution in [0.3, 0.4) is 0 Å². The minimum atomic E-state index is 0.415. The largest absolute Gasteiger partial charge is 0.340 e. The van der Waals surface area contributed by atoms with Crippen LogP contribution in [0, 0.1) is 5.92 Å². The predicted octanol–water partition coefficient (Wildman–Crippen LogP) is 1.07. The molecule has 3 fully saturated rings. The van der Waals surface area contributed by atoms with Gasteiger partial charge < -0.3 is 10.2 Å². The third-order valence-corrected chi connectivity index (χ3v) is 5.13. The van der Waals surface area contributed by atoms with Gasteiger partial charge in [-0.05, 0) is 18.8 Å². The van der Waals surface area contributed by atoms with Crippen LogP contribution in [0.1, 0.15) is 38.5 Å². The van der Waals surface area contributed by atoms with E-state index in [0.717, 1.165) is 51.7 Å². The van der Waals surface area contributed by atoms with E-state index in [9.17, 15) is 4.79 Å². The van der Waals surface area contributed by atoms with E-state index in [1.807, 2.05) is 0 Å². The van der Waals surface area contributed by atoms with E-state index in [0.29, 0.717) is 11.8 Å². The lowest BCUT2D eigenvalue weighted by atomic mass is 9.86. The Morgan fingerprint density at radius 1 is 1.00 bits per heavy atom. The van der Waals surface area contributed by atoms with Gasteiger partial charge in [-0.2, -0.15) is 0 Å². The molecule has 0 aromatic rings. The third-order valence-electron chi connectivity index (χ3n) is 5.13. The second kappa shape index (κ2) is 6.23. The fourth-order valence-corrected chi connectivity index (χ4v) is 3.64. The molecule has 0 bridgehead atoms. The summed E-state index contributed by atoms with van der Waals surface area (Å²) < 4.78 is 0. The number of carbonyl (C=O) groups is 1. The topological polar surface area (TPSA) is 35.6 Å². The fraction of sp³-hybridized carbons (Fsp3) is 0.933. The van der Waals surface area contributed by atoms with Crippen molar-refractivity contribution in [3.8, 4) is 0 Å². The lowest BCUT2D eigenvalue weighted by Gasteiger charge is -2.43. The summed E-state index contributed by atoms with van der Waals surface area (Å²) in [5, 5.41) is 3.32. The average Bonchev–Trinajstić information content (AvgIpc) is 2.39. The first-order valence-corrected chi connectivity index (χ1v) is 8.05. The lowest BCUT2D eigenvalue weighted by molar-refractivity contribution is -0.134. The molecule has 1 saturated carbocycles. The molecule has 0 atom stereocenters. The van der Waals surface area contributed by atoms with Gasteiger partial charge in [-0.25, -0.2) is 0 Å². The van der Waals surface area contributed by atoms with Crippen LogP contribution in [-0.4, -0.2) is 61.0 Å². The quantitative estimate of drug-likeness (QED) is 0.829. The van der Waals surface area contributed by atoms with Gasteiger partial charge in [0, 0.05) is 51.7 Å². The van der Waals surface area contributed by atoms with E-state index in [2.05, 4.69) is 15.1 Å². The van der Waals surface area contributed by atoms with Crippen molar-refractivity contribution < 1.29 is 4.79 Å². The van der Waals surface area contributed by atoms with Crippen LogP contribution in [0.5, 0.6) is 0 Å². The Hall–Kier alpha value is -0.610. The van der Waals surface area contributed by atoms with Crippen LogP contribution in [0.15, 0.2) is 0 Å². The molecule has 0 spiro atoms. The molecule has 3 rings (SSSR count). The van der Waals surface area contributed by atoms with Crippen LogP contribution >= 0.6 is 0 Å². The average molecular weight is 265 g/mol. The van der Waals surface area contributed by atoms with E-state index in [-0.39, 0.29) is 0 Å². The molecule has 1 aliphatic carbocycles. The number of hydrogen-bond donors (Lipinski definition) is 1. The summed E-state index contributed by atoms with van der Waals surface area (Å²) in [5.74, 6) is 1.09. The second-order valence-electron chi connectivity index (χ2n) is 6.44. The van der Waals surface area contributed by atoms with E-state index in [4.69, 9.17) is 0 Å². The standard InChI is InChI=1S/C15H27N3O/c19-15(10-13-4-2-1-3-5-13)18-8-6-17(7-9-18)14-11-16-12-14/h13-14,16H,1-12H2. The molecular weight excluding hydrogens is 238 g/mol. The first kappa shape index (κ1) is 13.4. The summed E-state index contributed by atoms with van der Waals surface area (Å²) >= 11 is 0. The molecule has 2 aliphatic heterocycles. The molecule has 1 N–H and O–H groups in total. The highest BCUT2D eigenvalue weighted by Gasteiger charge is 2.29. The third kappa shape index (κ3) is 3.29. The van der Waals surface area contributed by atoms with Crippen molar-refractivity contribution in [2.75, 3.05) is 39.3 Å². The highest BCUT2D eigenvalue weighted by molar-refractivity contribution is 5.76. The van der Waals surface area contributed by atoms with Crippen molar-refractivity contribution in [2.24, 2.45) is 5.92 Å². The number of hydrogen-bond acceptors (Lipinski definition) is 3. The van der Waals surface area contributed by atoms with E-state index < -0.39 is 0 Å². The Kier molecular flexibility index (Phi) is 4.38. The van der Waals surface area contributed by atoms with Gasteiger partial charge in [0.05, 0.1) is 0 Å². The monoisotopic (exact) mass is 265 g/mol. The Balaban J connectivity index is 1.41. The van der Waals surface area contributed by atoms with Crippen molar-refractivity contribution in [1.29, 1.82) is 0 Å². The van der Waals surface area contributed by atoms with Crippen molar-refractivity contribution in [3.63, 3.8) is 0 Å². The molecular formula is C15H27N3O. The fourth-order valence-electron chi connectivity index (χ4n) is 3.64. The summed E-state index contributed by atoms with van der Waals surface area (Å²) in [6.45, 7) is 6.31. The first-order chi connectivity index (χ1) is 9.33. The van der Waals surface area contributed by atoms with Crippen LogP contribution in [0.25, 0.3) is 0 Å². The van der Waals surface area contributed by atoms with Gasteiger partial charge >= 0.3 is 0 Å². The number of nitrogens with zero attached hydrogens (tertiary/aromatic N) is 2. The minimum absolute atomic E-state index is 0.415. The van der Waals surface area contributed by atoms with Crippen LogP contribution in [0.4, 0.5) is 0 Å². The molecule has 4 nitrogen and oxygen atoms in total. The van der Waals surface area contributed by atoms with Gasteiger partial charge in [0.2, 0.25) is 5.91 Å².